The Morgan fingerprint density at radius 3 is 2.63 bits per heavy atom. The Kier molecular flexibility index (Phi) is 4.16. The predicted molar refractivity (Wildman–Crippen MR) is 78.8 cm³/mol. The van der Waals surface area contributed by atoms with Crippen LogP contribution in [-0.2, 0) is 0 Å². The monoisotopic (exact) mass is 280 g/mol. The summed E-state index contributed by atoms with van der Waals surface area (Å²) in [5.41, 5.74) is 1.52. The summed E-state index contributed by atoms with van der Waals surface area (Å²) in [6.07, 6.45) is 1.96. The van der Waals surface area contributed by atoms with Crippen LogP contribution in [0.5, 0.6) is 0 Å². The van der Waals surface area contributed by atoms with Crippen LogP contribution in [0.3, 0.4) is 0 Å². The fourth-order valence-corrected chi connectivity index (χ4v) is 2.59. The van der Waals surface area contributed by atoms with Gasteiger partial charge in [0, 0.05) is 29.2 Å². The maximum Gasteiger partial charge on any atom is 0.252 e. The number of likely N-dealkylation sites (tertiary alicyclic amines) is 1. The van der Waals surface area contributed by atoms with Gasteiger partial charge < -0.3 is 10.2 Å². The van der Waals surface area contributed by atoms with Crippen LogP contribution in [0.25, 0.3) is 0 Å². The number of nitrogens with one attached hydrogen (secondary N) is 1. The summed E-state index contributed by atoms with van der Waals surface area (Å²) >= 11 is 5.97. The molecule has 1 heterocycles. The molecule has 0 aliphatic carbocycles. The van der Waals surface area contributed by atoms with E-state index in [9.17, 15) is 4.79 Å². The number of amides is 1. The van der Waals surface area contributed by atoms with Crippen molar-refractivity contribution in [2.75, 3.05) is 20.1 Å². The van der Waals surface area contributed by atoms with Crippen LogP contribution in [0.4, 0.5) is 0 Å². The van der Waals surface area contributed by atoms with Crippen LogP contribution in [0.1, 0.15) is 35.7 Å². The first kappa shape index (κ1) is 14.4. The van der Waals surface area contributed by atoms with Gasteiger partial charge in [0.1, 0.15) is 0 Å². The Morgan fingerprint density at radius 2 is 2.00 bits per heavy atom. The highest BCUT2D eigenvalue weighted by atomic mass is 35.5. The third kappa shape index (κ3) is 3.48. The molecule has 0 unspecified atom stereocenters. The first-order valence-corrected chi connectivity index (χ1v) is 7.05. The van der Waals surface area contributed by atoms with E-state index in [1.54, 1.807) is 6.07 Å². The number of carbonyl (C=O) groups is 1. The largest absolute Gasteiger partial charge is 0.347 e. The standard InChI is InChI=1S/C15H21ClN2O/c1-11-4-5-12(16)10-13(11)14(19)17-15(2)6-8-18(3)9-7-15/h4-5,10H,6-9H2,1-3H3,(H,17,19). The van der Waals surface area contributed by atoms with Crippen molar-refractivity contribution in [3.8, 4) is 0 Å². The van der Waals surface area contributed by atoms with Crippen LogP contribution in [0.2, 0.25) is 5.02 Å². The van der Waals surface area contributed by atoms with E-state index >= 15 is 0 Å². The number of rotatable bonds is 2. The molecule has 0 bridgehead atoms. The Hall–Kier alpha value is -1.06. The van der Waals surface area contributed by atoms with Crippen LogP contribution in [-0.4, -0.2) is 36.5 Å². The van der Waals surface area contributed by atoms with Crippen LogP contribution >= 0.6 is 11.6 Å². The molecule has 0 spiro atoms. The Balaban J connectivity index is 2.10. The first-order chi connectivity index (χ1) is 8.89. The van der Waals surface area contributed by atoms with Gasteiger partial charge in [-0.1, -0.05) is 17.7 Å². The van der Waals surface area contributed by atoms with Gasteiger partial charge in [-0.15, -0.1) is 0 Å². The molecule has 1 aliphatic heterocycles. The van der Waals surface area contributed by atoms with Gasteiger partial charge in [0.25, 0.3) is 5.91 Å². The fraction of sp³-hybridized carbons (Fsp3) is 0.533. The van der Waals surface area contributed by atoms with E-state index in [1.165, 1.54) is 0 Å². The molecule has 0 saturated carbocycles. The van der Waals surface area contributed by atoms with Crippen molar-refractivity contribution in [2.45, 2.75) is 32.2 Å². The summed E-state index contributed by atoms with van der Waals surface area (Å²) in [7, 11) is 2.11. The summed E-state index contributed by atoms with van der Waals surface area (Å²) in [6.45, 7) is 6.09. The van der Waals surface area contributed by atoms with E-state index in [-0.39, 0.29) is 11.4 Å². The normalized spacial score (nSPS) is 19.2. The molecule has 0 radical (unpaired) electrons. The van der Waals surface area contributed by atoms with Gasteiger partial charge >= 0.3 is 0 Å². The molecule has 4 heteroatoms. The van der Waals surface area contributed by atoms with E-state index in [0.29, 0.717) is 10.6 Å². The second kappa shape index (κ2) is 5.51. The van der Waals surface area contributed by atoms with Gasteiger partial charge in [-0.05, 0) is 51.4 Å². The van der Waals surface area contributed by atoms with Crippen molar-refractivity contribution < 1.29 is 4.79 Å². The summed E-state index contributed by atoms with van der Waals surface area (Å²) in [6, 6.07) is 5.43. The number of aryl methyl sites for hydroxylation is 1. The highest BCUT2D eigenvalue weighted by Gasteiger charge is 2.30. The average molecular weight is 281 g/mol. The maximum atomic E-state index is 12.4. The molecule has 104 valence electrons. The second-order valence-corrected chi connectivity index (χ2v) is 6.21. The minimum absolute atomic E-state index is 0.0212. The van der Waals surface area contributed by atoms with Crippen LogP contribution in [0.15, 0.2) is 18.2 Å². The quantitative estimate of drug-likeness (QED) is 0.903. The summed E-state index contributed by atoms with van der Waals surface area (Å²) < 4.78 is 0. The third-order valence-electron chi connectivity index (χ3n) is 3.95. The Labute approximate surface area is 119 Å². The van der Waals surface area contributed by atoms with Crippen molar-refractivity contribution >= 4 is 17.5 Å². The number of piperidine rings is 1. The van der Waals surface area contributed by atoms with Crippen molar-refractivity contribution in [1.82, 2.24) is 10.2 Å². The fourth-order valence-electron chi connectivity index (χ4n) is 2.42. The van der Waals surface area contributed by atoms with Crippen LogP contribution < -0.4 is 5.32 Å². The SMILES string of the molecule is Cc1ccc(Cl)cc1C(=O)NC1(C)CCN(C)CC1. The van der Waals surface area contributed by atoms with Gasteiger partial charge in [-0.2, -0.15) is 0 Å². The number of nitrogens with zero attached hydrogens (tertiary/aromatic N) is 1. The van der Waals surface area contributed by atoms with Gasteiger partial charge in [-0.3, -0.25) is 4.79 Å². The average Bonchev–Trinajstić information content (AvgIpc) is 2.36. The van der Waals surface area contributed by atoms with E-state index < -0.39 is 0 Å². The molecule has 0 atom stereocenters. The van der Waals surface area contributed by atoms with Crippen molar-refractivity contribution in [3.63, 3.8) is 0 Å². The zero-order chi connectivity index (χ0) is 14.0. The smallest absolute Gasteiger partial charge is 0.252 e. The molecule has 1 amide bonds. The molecule has 1 N–H and O–H groups in total. The molecular weight excluding hydrogens is 260 g/mol. The van der Waals surface area contributed by atoms with Crippen molar-refractivity contribution in [1.29, 1.82) is 0 Å². The lowest BCUT2D eigenvalue weighted by atomic mass is 9.89. The summed E-state index contributed by atoms with van der Waals surface area (Å²) in [5.74, 6) is -0.0212. The van der Waals surface area contributed by atoms with E-state index in [2.05, 4.69) is 24.2 Å². The molecule has 0 aromatic heterocycles. The molecule has 1 aliphatic rings. The van der Waals surface area contributed by atoms with Gasteiger partial charge in [-0.25, -0.2) is 0 Å². The first-order valence-electron chi connectivity index (χ1n) is 6.67. The minimum Gasteiger partial charge on any atom is -0.347 e. The number of carbonyl (C=O) groups excluding carboxylic acids is 1. The Bertz CT molecular complexity index is 479. The van der Waals surface area contributed by atoms with Crippen molar-refractivity contribution in [2.24, 2.45) is 0 Å². The summed E-state index contributed by atoms with van der Waals surface area (Å²) in [4.78, 5) is 14.7. The van der Waals surface area contributed by atoms with E-state index in [0.717, 1.165) is 31.5 Å². The number of hydrogen-bond donors (Lipinski definition) is 1. The highest BCUT2D eigenvalue weighted by molar-refractivity contribution is 6.31. The van der Waals surface area contributed by atoms with E-state index in [4.69, 9.17) is 11.6 Å². The van der Waals surface area contributed by atoms with E-state index in [1.807, 2.05) is 19.1 Å². The molecule has 1 aromatic rings. The zero-order valence-corrected chi connectivity index (χ0v) is 12.5. The molecular formula is C15H21ClN2O. The lowest BCUT2D eigenvalue weighted by Gasteiger charge is -2.38. The topological polar surface area (TPSA) is 32.3 Å². The highest BCUT2D eigenvalue weighted by Crippen LogP contribution is 2.22. The maximum absolute atomic E-state index is 12.4. The lowest BCUT2D eigenvalue weighted by molar-refractivity contribution is 0.0851. The van der Waals surface area contributed by atoms with Gasteiger partial charge in [0.2, 0.25) is 0 Å². The molecule has 3 nitrogen and oxygen atoms in total. The number of hydrogen-bond acceptors (Lipinski definition) is 2. The second-order valence-electron chi connectivity index (χ2n) is 5.78. The van der Waals surface area contributed by atoms with Crippen molar-refractivity contribution in [3.05, 3.63) is 34.3 Å². The lowest BCUT2D eigenvalue weighted by Crippen LogP contribution is -2.52. The zero-order valence-electron chi connectivity index (χ0n) is 11.8. The van der Waals surface area contributed by atoms with Gasteiger partial charge in [0.15, 0.2) is 0 Å². The number of halogens is 1. The third-order valence-corrected chi connectivity index (χ3v) is 4.19. The molecule has 1 aromatic carbocycles. The minimum atomic E-state index is -0.113. The molecule has 1 saturated heterocycles. The molecule has 19 heavy (non-hydrogen) atoms. The molecule has 2 rings (SSSR count). The predicted octanol–water partition coefficient (Wildman–Crippen LogP) is 2.86. The van der Waals surface area contributed by atoms with Crippen LogP contribution in [0, 0.1) is 6.92 Å². The van der Waals surface area contributed by atoms with Gasteiger partial charge in [0.05, 0.1) is 0 Å². The number of benzene rings is 1. The Morgan fingerprint density at radius 1 is 1.37 bits per heavy atom. The molecule has 1 fully saturated rings. The summed E-state index contributed by atoms with van der Waals surface area (Å²) in [5, 5.41) is 3.78.